The van der Waals surface area contributed by atoms with Crippen LogP contribution >= 0.6 is 23.6 Å². The molecule has 3 rings (SSSR count). The number of aromatic nitrogens is 2. The number of hydrogen-bond acceptors (Lipinski definition) is 5. The Hall–Kier alpha value is -2.71. The van der Waals surface area contributed by atoms with E-state index < -0.39 is 5.97 Å². The van der Waals surface area contributed by atoms with E-state index in [2.05, 4.69) is 15.7 Å². The molecule has 0 saturated heterocycles. The number of benzene rings is 1. The Morgan fingerprint density at radius 3 is 2.61 bits per heavy atom. The second-order valence-electron chi connectivity index (χ2n) is 6.32. The van der Waals surface area contributed by atoms with Crippen molar-refractivity contribution in [3.63, 3.8) is 0 Å². The lowest BCUT2D eigenvalue weighted by Crippen LogP contribution is -2.28. The van der Waals surface area contributed by atoms with Gasteiger partial charge in [-0.25, -0.2) is 4.79 Å². The summed E-state index contributed by atoms with van der Waals surface area (Å²) in [6.45, 7) is 4.49. The molecule has 0 radical (unpaired) electrons. The SMILES string of the molecule is COC(=O)c1c(NC(=S)NCc2cn(C)nc2C)sc(C)c1-c1ccccc1. The molecule has 2 heterocycles. The number of ether oxygens (including phenoxy) is 1. The summed E-state index contributed by atoms with van der Waals surface area (Å²) in [6.07, 6.45) is 1.95. The van der Waals surface area contributed by atoms with Gasteiger partial charge in [-0.05, 0) is 31.6 Å². The third-order valence-electron chi connectivity index (χ3n) is 4.32. The smallest absolute Gasteiger partial charge is 0.341 e. The maximum atomic E-state index is 12.5. The molecule has 6 nitrogen and oxygen atoms in total. The molecule has 0 saturated carbocycles. The van der Waals surface area contributed by atoms with Gasteiger partial charge in [-0.2, -0.15) is 5.10 Å². The number of thiophene rings is 1. The van der Waals surface area contributed by atoms with Crippen LogP contribution in [0.3, 0.4) is 0 Å². The molecule has 0 unspecified atom stereocenters. The maximum Gasteiger partial charge on any atom is 0.341 e. The van der Waals surface area contributed by atoms with Crippen LogP contribution in [0.1, 0.15) is 26.5 Å². The first kappa shape index (κ1) is 20.0. The summed E-state index contributed by atoms with van der Waals surface area (Å²) in [5, 5.41) is 11.8. The molecule has 0 aliphatic rings. The van der Waals surface area contributed by atoms with Crippen molar-refractivity contribution in [3.05, 3.63) is 58.2 Å². The third kappa shape index (κ3) is 4.23. The molecule has 3 aromatic rings. The van der Waals surface area contributed by atoms with Crippen molar-refractivity contribution in [2.75, 3.05) is 12.4 Å². The van der Waals surface area contributed by atoms with Crippen molar-refractivity contribution < 1.29 is 9.53 Å². The molecule has 28 heavy (non-hydrogen) atoms. The molecule has 2 aromatic heterocycles. The molecule has 0 aliphatic heterocycles. The number of rotatable bonds is 5. The number of carbonyl (C=O) groups is 1. The monoisotopic (exact) mass is 414 g/mol. The minimum atomic E-state index is -0.392. The number of methoxy groups -OCH3 is 1. The van der Waals surface area contributed by atoms with Crippen molar-refractivity contribution in [1.29, 1.82) is 0 Å². The van der Waals surface area contributed by atoms with Gasteiger partial charge in [-0.1, -0.05) is 30.3 Å². The second-order valence-corrected chi connectivity index (χ2v) is 7.95. The van der Waals surface area contributed by atoms with E-state index in [0.29, 0.717) is 22.2 Å². The van der Waals surface area contributed by atoms with E-state index in [4.69, 9.17) is 17.0 Å². The van der Waals surface area contributed by atoms with Gasteiger partial charge in [0, 0.05) is 35.8 Å². The third-order valence-corrected chi connectivity index (χ3v) is 5.58. The minimum Gasteiger partial charge on any atom is -0.465 e. The van der Waals surface area contributed by atoms with Crippen LogP contribution in [0.4, 0.5) is 5.00 Å². The Labute approximate surface area is 173 Å². The summed E-state index contributed by atoms with van der Waals surface area (Å²) in [5.74, 6) is -0.392. The second kappa shape index (κ2) is 8.53. The lowest BCUT2D eigenvalue weighted by Gasteiger charge is -2.11. The molecular formula is C20H22N4O2S2. The minimum absolute atomic E-state index is 0.392. The van der Waals surface area contributed by atoms with E-state index in [0.717, 1.165) is 27.3 Å². The lowest BCUT2D eigenvalue weighted by molar-refractivity contribution is 0.0603. The van der Waals surface area contributed by atoms with Gasteiger partial charge < -0.3 is 15.4 Å². The van der Waals surface area contributed by atoms with E-state index in [9.17, 15) is 4.79 Å². The number of carbonyl (C=O) groups excluding carboxylic acids is 1. The molecule has 1 aromatic carbocycles. The molecule has 0 atom stereocenters. The highest BCUT2D eigenvalue weighted by Gasteiger charge is 2.24. The van der Waals surface area contributed by atoms with E-state index in [-0.39, 0.29) is 0 Å². The Kier molecular flexibility index (Phi) is 6.11. The van der Waals surface area contributed by atoms with Crippen LogP contribution in [-0.4, -0.2) is 28.0 Å². The zero-order valence-corrected chi connectivity index (χ0v) is 17.8. The van der Waals surface area contributed by atoms with Gasteiger partial charge in [-0.15, -0.1) is 11.3 Å². The first-order chi connectivity index (χ1) is 13.4. The zero-order chi connectivity index (χ0) is 20.3. The number of thiocarbonyl (C=S) groups is 1. The van der Waals surface area contributed by atoms with Crippen LogP contribution < -0.4 is 10.6 Å². The number of aryl methyl sites for hydroxylation is 3. The Morgan fingerprint density at radius 1 is 1.29 bits per heavy atom. The summed E-state index contributed by atoms with van der Waals surface area (Å²) >= 11 is 6.92. The largest absolute Gasteiger partial charge is 0.465 e. The van der Waals surface area contributed by atoms with Gasteiger partial charge in [0.15, 0.2) is 5.11 Å². The van der Waals surface area contributed by atoms with Crippen LogP contribution in [0.5, 0.6) is 0 Å². The Bertz CT molecular complexity index is 1010. The first-order valence-electron chi connectivity index (χ1n) is 8.71. The molecule has 0 spiro atoms. The van der Waals surface area contributed by atoms with Crippen LogP contribution in [0.15, 0.2) is 36.5 Å². The highest BCUT2D eigenvalue weighted by Crippen LogP contribution is 2.40. The van der Waals surface area contributed by atoms with Crippen molar-refractivity contribution in [1.82, 2.24) is 15.1 Å². The molecule has 0 aliphatic carbocycles. The Balaban J connectivity index is 1.84. The number of esters is 1. The molecule has 0 amide bonds. The van der Waals surface area contributed by atoms with Crippen LogP contribution in [-0.2, 0) is 18.3 Å². The van der Waals surface area contributed by atoms with Gasteiger partial charge in [0.25, 0.3) is 0 Å². The quantitative estimate of drug-likeness (QED) is 0.485. The van der Waals surface area contributed by atoms with Crippen LogP contribution in [0.25, 0.3) is 11.1 Å². The summed E-state index contributed by atoms with van der Waals surface area (Å²) in [6, 6.07) is 9.80. The van der Waals surface area contributed by atoms with Gasteiger partial charge in [-0.3, -0.25) is 4.68 Å². The van der Waals surface area contributed by atoms with Crippen LogP contribution in [0.2, 0.25) is 0 Å². The Morgan fingerprint density at radius 2 is 2.00 bits per heavy atom. The average Bonchev–Trinajstić information content (AvgIpc) is 3.17. The van der Waals surface area contributed by atoms with Gasteiger partial charge in [0.2, 0.25) is 0 Å². The van der Waals surface area contributed by atoms with Gasteiger partial charge in [0.1, 0.15) is 10.6 Å². The van der Waals surface area contributed by atoms with Crippen molar-refractivity contribution in [2.24, 2.45) is 7.05 Å². The summed E-state index contributed by atoms with van der Waals surface area (Å²) < 4.78 is 6.81. The predicted molar refractivity (Wildman–Crippen MR) is 117 cm³/mol. The van der Waals surface area contributed by atoms with Crippen molar-refractivity contribution in [3.8, 4) is 11.1 Å². The molecule has 146 valence electrons. The summed E-state index contributed by atoms with van der Waals surface area (Å²) in [7, 11) is 3.27. The van der Waals surface area contributed by atoms with E-state index in [1.807, 2.05) is 57.4 Å². The molecule has 2 N–H and O–H groups in total. The molecule has 0 bridgehead atoms. The number of anilines is 1. The number of nitrogens with one attached hydrogen (secondary N) is 2. The molecule has 0 fully saturated rings. The standard InChI is InChI=1S/C20H22N4O2S2/c1-12-15(11-24(3)23-12)10-21-20(27)22-18-17(19(25)26-4)16(13(2)28-18)14-8-6-5-7-9-14/h5-9,11H,10H2,1-4H3,(H2,21,22,27). The highest BCUT2D eigenvalue weighted by atomic mass is 32.1. The maximum absolute atomic E-state index is 12.5. The topological polar surface area (TPSA) is 68.2 Å². The normalized spacial score (nSPS) is 10.6. The molecule has 8 heteroatoms. The zero-order valence-electron chi connectivity index (χ0n) is 16.2. The number of nitrogens with zero attached hydrogens (tertiary/aromatic N) is 2. The van der Waals surface area contributed by atoms with E-state index in [1.54, 1.807) is 4.68 Å². The lowest BCUT2D eigenvalue weighted by atomic mass is 10.0. The van der Waals surface area contributed by atoms with Gasteiger partial charge >= 0.3 is 5.97 Å². The summed E-state index contributed by atoms with van der Waals surface area (Å²) in [5.41, 5.74) is 4.34. The van der Waals surface area contributed by atoms with Crippen LogP contribution in [0, 0.1) is 13.8 Å². The fourth-order valence-electron chi connectivity index (χ4n) is 3.03. The van der Waals surface area contributed by atoms with E-state index >= 15 is 0 Å². The molecular weight excluding hydrogens is 392 g/mol. The highest BCUT2D eigenvalue weighted by molar-refractivity contribution is 7.80. The summed E-state index contributed by atoms with van der Waals surface area (Å²) in [4.78, 5) is 13.5. The van der Waals surface area contributed by atoms with Gasteiger partial charge in [0.05, 0.1) is 12.8 Å². The fourth-order valence-corrected chi connectivity index (χ4v) is 4.33. The fraction of sp³-hybridized carbons (Fsp3) is 0.250. The van der Waals surface area contributed by atoms with Crippen molar-refractivity contribution in [2.45, 2.75) is 20.4 Å². The average molecular weight is 415 g/mol. The van der Waals surface area contributed by atoms with E-state index in [1.165, 1.54) is 18.4 Å². The first-order valence-corrected chi connectivity index (χ1v) is 9.94. The van der Waals surface area contributed by atoms with Crippen molar-refractivity contribution >= 4 is 39.6 Å². The number of hydrogen-bond donors (Lipinski definition) is 2. The predicted octanol–water partition coefficient (Wildman–Crippen LogP) is 4.04.